The van der Waals surface area contributed by atoms with Crippen molar-refractivity contribution in [3.05, 3.63) is 48.8 Å². The fourth-order valence-electron chi connectivity index (χ4n) is 4.01. The van der Waals surface area contributed by atoms with Gasteiger partial charge in [-0.25, -0.2) is 4.98 Å². The zero-order chi connectivity index (χ0) is 20.9. The van der Waals surface area contributed by atoms with Gasteiger partial charge < -0.3 is 15.0 Å². The average molecular weight is 423 g/mol. The Morgan fingerprint density at radius 1 is 1.13 bits per heavy atom. The topological polar surface area (TPSA) is 50.3 Å². The summed E-state index contributed by atoms with van der Waals surface area (Å²) in [6, 6.07) is 12.3. The van der Waals surface area contributed by atoms with Gasteiger partial charge >= 0.3 is 0 Å². The van der Waals surface area contributed by atoms with Crippen LogP contribution in [0.4, 0.5) is 5.69 Å². The van der Waals surface area contributed by atoms with Crippen LogP contribution in [0, 0.1) is 0 Å². The zero-order valence-electron chi connectivity index (χ0n) is 17.5. The van der Waals surface area contributed by atoms with Crippen molar-refractivity contribution in [3.63, 3.8) is 0 Å². The molecule has 6 heteroatoms. The number of benzene rings is 2. The largest absolute Gasteiger partial charge is 0.496 e. The highest BCUT2D eigenvalue weighted by molar-refractivity contribution is 6.18. The standard InChI is InChI=1S/C24H27ClN4O/c1-3-29(14-10-25)13-6-11-27-23-19-7-4-5-8-20(19)28-24-18-9-12-26-16-17(18)15-21(30-2)22(23)24/h4-5,7-9,12,15-16H,3,6,10-11,13-14H2,1-2H3,(H,27,28). The van der Waals surface area contributed by atoms with E-state index in [0.717, 1.165) is 76.6 Å². The number of hydrogen-bond donors (Lipinski definition) is 1. The van der Waals surface area contributed by atoms with Crippen molar-refractivity contribution < 1.29 is 4.74 Å². The quantitative estimate of drug-likeness (QED) is 0.171. The van der Waals surface area contributed by atoms with Gasteiger partial charge in [-0.1, -0.05) is 25.1 Å². The predicted molar refractivity (Wildman–Crippen MR) is 127 cm³/mol. The van der Waals surface area contributed by atoms with Gasteiger partial charge in [-0.05, 0) is 37.7 Å². The van der Waals surface area contributed by atoms with Gasteiger partial charge in [0.05, 0.1) is 29.2 Å². The Labute approximate surface area is 182 Å². The highest BCUT2D eigenvalue weighted by Crippen LogP contribution is 2.40. The summed E-state index contributed by atoms with van der Waals surface area (Å²) in [5.41, 5.74) is 2.98. The van der Waals surface area contributed by atoms with Crippen molar-refractivity contribution in [1.82, 2.24) is 14.9 Å². The summed E-state index contributed by atoms with van der Waals surface area (Å²) in [5.74, 6) is 1.48. The van der Waals surface area contributed by atoms with Gasteiger partial charge in [0.25, 0.3) is 0 Å². The van der Waals surface area contributed by atoms with Gasteiger partial charge in [-0.3, -0.25) is 4.98 Å². The minimum Gasteiger partial charge on any atom is -0.496 e. The molecule has 2 aromatic heterocycles. The molecule has 0 spiro atoms. The summed E-state index contributed by atoms with van der Waals surface area (Å²) in [4.78, 5) is 11.6. The molecule has 156 valence electrons. The fraction of sp³-hybridized carbons (Fsp3) is 0.333. The normalized spacial score (nSPS) is 11.6. The highest BCUT2D eigenvalue weighted by Gasteiger charge is 2.16. The first kappa shape index (κ1) is 20.6. The molecular formula is C24H27ClN4O. The lowest BCUT2D eigenvalue weighted by molar-refractivity contribution is 0.304. The van der Waals surface area contributed by atoms with Crippen molar-refractivity contribution in [3.8, 4) is 5.75 Å². The number of anilines is 1. The van der Waals surface area contributed by atoms with Gasteiger partial charge in [0.2, 0.25) is 0 Å². The van der Waals surface area contributed by atoms with E-state index in [9.17, 15) is 0 Å². The Hall–Kier alpha value is -2.63. The third kappa shape index (κ3) is 4.00. The van der Waals surface area contributed by atoms with Crippen LogP contribution in [0.15, 0.2) is 48.8 Å². The van der Waals surface area contributed by atoms with Gasteiger partial charge in [0, 0.05) is 47.5 Å². The first-order valence-electron chi connectivity index (χ1n) is 10.4. The second kappa shape index (κ2) is 9.45. The molecule has 0 radical (unpaired) electrons. The summed E-state index contributed by atoms with van der Waals surface area (Å²) in [7, 11) is 1.71. The zero-order valence-corrected chi connectivity index (χ0v) is 18.2. The Morgan fingerprint density at radius 3 is 2.80 bits per heavy atom. The van der Waals surface area contributed by atoms with Crippen molar-refractivity contribution in [1.29, 1.82) is 0 Å². The lowest BCUT2D eigenvalue weighted by atomic mass is 10.0. The molecule has 0 aliphatic heterocycles. The number of fused-ring (bicyclic) bond motifs is 4. The van der Waals surface area contributed by atoms with E-state index >= 15 is 0 Å². The SMILES string of the molecule is CCN(CCCl)CCCNc1c2ccccc2nc2c1c(OC)cc1cnccc12. The van der Waals surface area contributed by atoms with E-state index in [1.165, 1.54) is 0 Å². The van der Waals surface area contributed by atoms with Crippen LogP contribution in [0.1, 0.15) is 13.3 Å². The number of pyridine rings is 2. The van der Waals surface area contributed by atoms with E-state index in [-0.39, 0.29) is 0 Å². The van der Waals surface area contributed by atoms with Crippen molar-refractivity contribution in [2.24, 2.45) is 0 Å². The number of hydrogen-bond acceptors (Lipinski definition) is 5. The summed E-state index contributed by atoms with van der Waals surface area (Å²) in [5, 5.41) is 7.92. The summed E-state index contributed by atoms with van der Waals surface area (Å²) in [6.45, 7) is 5.99. The second-order valence-corrected chi connectivity index (χ2v) is 7.68. The molecule has 5 nitrogen and oxygen atoms in total. The summed E-state index contributed by atoms with van der Waals surface area (Å²) >= 11 is 5.91. The molecule has 0 atom stereocenters. The van der Waals surface area contributed by atoms with Crippen molar-refractivity contribution in [2.45, 2.75) is 13.3 Å². The number of halogens is 1. The number of rotatable bonds is 9. The number of aromatic nitrogens is 2. The van der Waals surface area contributed by atoms with Gasteiger partial charge in [-0.2, -0.15) is 0 Å². The van der Waals surface area contributed by atoms with Crippen molar-refractivity contribution >= 4 is 49.9 Å². The average Bonchev–Trinajstić information content (AvgIpc) is 2.79. The lowest BCUT2D eigenvalue weighted by Gasteiger charge is -2.20. The van der Waals surface area contributed by atoms with Crippen molar-refractivity contribution in [2.75, 3.05) is 44.5 Å². The van der Waals surface area contributed by atoms with Gasteiger partial charge in [0.15, 0.2) is 0 Å². The Morgan fingerprint density at radius 2 is 2.00 bits per heavy atom. The molecule has 0 saturated heterocycles. The molecule has 0 fully saturated rings. The molecule has 30 heavy (non-hydrogen) atoms. The molecule has 4 aromatic rings. The van der Waals surface area contributed by atoms with Gasteiger partial charge in [-0.15, -0.1) is 11.6 Å². The second-order valence-electron chi connectivity index (χ2n) is 7.31. The molecule has 0 aliphatic rings. The maximum absolute atomic E-state index is 5.91. The number of nitrogens with one attached hydrogen (secondary N) is 1. The number of alkyl halides is 1. The fourth-order valence-corrected chi connectivity index (χ4v) is 4.24. The number of para-hydroxylation sites is 1. The van der Waals surface area contributed by atoms with Crippen LogP contribution in [-0.4, -0.2) is 54.0 Å². The summed E-state index contributed by atoms with van der Waals surface area (Å²) in [6.07, 6.45) is 4.70. The van der Waals surface area contributed by atoms with E-state index in [1.807, 2.05) is 30.6 Å². The monoisotopic (exact) mass is 422 g/mol. The van der Waals surface area contributed by atoms with Crippen LogP contribution in [0.25, 0.3) is 32.6 Å². The van der Waals surface area contributed by atoms with Crippen LogP contribution < -0.4 is 10.1 Å². The van der Waals surface area contributed by atoms with E-state index in [1.54, 1.807) is 7.11 Å². The van der Waals surface area contributed by atoms with Crippen LogP contribution in [0.2, 0.25) is 0 Å². The maximum Gasteiger partial charge on any atom is 0.131 e. The smallest absolute Gasteiger partial charge is 0.131 e. The van der Waals surface area contributed by atoms with Crippen LogP contribution in [-0.2, 0) is 0 Å². The number of methoxy groups -OCH3 is 1. The van der Waals surface area contributed by atoms with Crippen LogP contribution >= 0.6 is 11.6 Å². The minimum absolute atomic E-state index is 0.667. The summed E-state index contributed by atoms with van der Waals surface area (Å²) < 4.78 is 5.79. The van der Waals surface area contributed by atoms with E-state index in [4.69, 9.17) is 21.3 Å². The minimum atomic E-state index is 0.667. The molecule has 0 saturated carbocycles. The predicted octanol–water partition coefficient (Wildman–Crippen LogP) is 5.31. The number of ether oxygens (including phenoxy) is 1. The Kier molecular flexibility index (Phi) is 6.50. The molecule has 2 heterocycles. The molecule has 0 amide bonds. The number of nitrogens with zero attached hydrogens (tertiary/aromatic N) is 3. The molecule has 0 unspecified atom stereocenters. The highest BCUT2D eigenvalue weighted by atomic mass is 35.5. The molecule has 2 aromatic carbocycles. The third-order valence-electron chi connectivity index (χ3n) is 5.55. The lowest BCUT2D eigenvalue weighted by Crippen LogP contribution is -2.27. The first-order chi connectivity index (χ1) is 14.8. The molecule has 1 N–H and O–H groups in total. The Balaban J connectivity index is 1.79. The molecule has 4 rings (SSSR count). The third-order valence-corrected chi connectivity index (χ3v) is 5.72. The van der Waals surface area contributed by atoms with Crippen LogP contribution in [0.3, 0.4) is 0 Å². The van der Waals surface area contributed by atoms with E-state index in [0.29, 0.717) is 5.88 Å². The maximum atomic E-state index is 5.91. The first-order valence-corrected chi connectivity index (χ1v) is 11.0. The van der Waals surface area contributed by atoms with Crippen LogP contribution in [0.5, 0.6) is 5.75 Å². The van der Waals surface area contributed by atoms with E-state index < -0.39 is 0 Å². The Bertz CT molecular complexity index is 1160. The van der Waals surface area contributed by atoms with E-state index in [2.05, 4.69) is 40.3 Å². The van der Waals surface area contributed by atoms with Gasteiger partial charge in [0.1, 0.15) is 5.75 Å². The molecule has 0 bridgehead atoms. The molecule has 0 aliphatic carbocycles. The molecular weight excluding hydrogens is 396 g/mol.